The van der Waals surface area contributed by atoms with Gasteiger partial charge in [0.05, 0.1) is 12.1 Å². The largest absolute Gasteiger partial charge is 0.474 e. The van der Waals surface area contributed by atoms with Crippen LogP contribution in [0.3, 0.4) is 0 Å². The van der Waals surface area contributed by atoms with Crippen LogP contribution in [0.25, 0.3) is 0 Å². The van der Waals surface area contributed by atoms with Gasteiger partial charge in [-0.15, -0.1) is 0 Å². The number of para-hydroxylation sites is 1. The molecule has 0 fully saturated rings. The summed E-state index contributed by atoms with van der Waals surface area (Å²) in [6.45, 7) is 4.70. The molecule has 0 saturated heterocycles. The molecule has 1 aliphatic rings. The number of amides is 1. The van der Waals surface area contributed by atoms with Crippen LogP contribution < -0.4 is 9.64 Å². The summed E-state index contributed by atoms with van der Waals surface area (Å²) in [5.74, 6) is 0.354. The van der Waals surface area contributed by atoms with Gasteiger partial charge >= 0.3 is 0 Å². The minimum absolute atomic E-state index is 0.0392. The molecule has 1 amide bonds. The van der Waals surface area contributed by atoms with Crippen molar-refractivity contribution in [2.75, 3.05) is 25.5 Å². The van der Waals surface area contributed by atoms with E-state index in [4.69, 9.17) is 4.74 Å². The number of aromatic nitrogens is 1. The lowest BCUT2D eigenvalue weighted by molar-refractivity contribution is 0.0961. The van der Waals surface area contributed by atoms with Gasteiger partial charge in [0, 0.05) is 18.4 Å². The number of pyridine rings is 1. The van der Waals surface area contributed by atoms with Crippen molar-refractivity contribution in [2.24, 2.45) is 0 Å². The Bertz CT molecular complexity index is 773. The number of rotatable bonds is 5. The molecular formula is C21H27N3O2. The summed E-state index contributed by atoms with van der Waals surface area (Å²) >= 11 is 0. The van der Waals surface area contributed by atoms with Crippen LogP contribution in [-0.4, -0.2) is 48.6 Å². The van der Waals surface area contributed by atoms with E-state index >= 15 is 0 Å². The van der Waals surface area contributed by atoms with Crippen LogP contribution in [0, 0.1) is 0 Å². The Hall–Kier alpha value is -2.40. The number of anilines is 1. The highest BCUT2D eigenvalue weighted by Crippen LogP contribution is 2.33. The van der Waals surface area contributed by atoms with Gasteiger partial charge in [-0.3, -0.25) is 4.79 Å². The van der Waals surface area contributed by atoms with Gasteiger partial charge in [0.1, 0.15) is 5.56 Å². The third-order valence-electron chi connectivity index (χ3n) is 4.51. The number of likely N-dealkylation sites (N-methyl/N-ethyl adjacent to an activating group) is 1. The molecule has 5 heteroatoms. The lowest BCUT2D eigenvalue weighted by Crippen LogP contribution is -2.48. The van der Waals surface area contributed by atoms with Gasteiger partial charge in [-0.1, -0.05) is 18.2 Å². The predicted octanol–water partition coefficient (Wildman–Crippen LogP) is 3.39. The second-order valence-electron chi connectivity index (χ2n) is 7.28. The number of hydrogen-bond acceptors (Lipinski definition) is 4. The molecule has 26 heavy (non-hydrogen) atoms. The van der Waals surface area contributed by atoms with Crippen LogP contribution in [0.15, 0.2) is 42.6 Å². The number of hydrogen-bond donors (Lipinski definition) is 0. The van der Waals surface area contributed by atoms with Gasteiger partial charge in [0.25, 0.3) is 5.91 Å². The second-order valence-corrected chi connectivity index (χ2v) is 7.28. The Morgan fingerprint density at radius 2 is 2.04 bits per heavy atom. The minimum atomic E-state index is -0.0484. The fourth-order valence-electron chi connectivity index (χ4n) is 3.48. The van der Waals surface area contributed by atoms with Crippen molar-refractivity contribution in [1.82, 2.24) is 9.88 Å². The molecule has 0 saturated carbocycles. The van der Waals surface area contributed by atoms with E-state index in [9.17, 15) is 4.79 Å². The van der Waals surface area contributed by atoms with E-state index in [1.54, 1.807) is 18.3 Å². The van der Waals surface area contributed by atoms with Gasteiger partial charge in [0.15, 0.2) is 0 Å². The third kappa shape index (κ3) is 3.88. The molecular weight excluding hydrogens is 326 g/mol. The Kier molecular flexibility index (Phi) is 5.57. The summed E-state index contributed by atoms with van der Waals surface area (Å²) in [7, 11) is 4.08. The Morgan fingerprint density at radius 1 is 1.27 bits per heavy atom. The fraction of sp³-hybridized carbons (Fsp3) is 0.429. The van der Waals surface area contributed by atoms with Crippen molar-refractivity contribution in [3.63, 3.8) is 0 Å². The molecule has 2 aromatic rings. The van der Waals surface area contributed by atoms with Crippen LogP contribution in [0.1, 0.15) is 36.2 Å². The van der Waals surface area contributed by atoms with E-state index in [2.05, 4.69) is 16.0 Å². The first-order valence-corrected chi connectivity index (χ1v) is 9.15. The summed E-state index contributed by atoms with van der Waals surface area (Å²) in [6, 6.07) is 11.9. The van der Waals surface area contributed by atoms with Gasteiger partial charge in [-0.2, -0.15) is 0 Å². The number of benzene rings is 1. The van der Waals surface area contributed by atoms with Crippen molar-refractivity contribution in [3.05, 3.63) is 53.7 Å². The van der Waals surface area contributed by atoms with E-state index in [0.29, 0.717) is 11.4 Å². The zero-order valence-electron chi connectivity index (χ0n) is 16.0. The maximum Gasteiger partial charge on any atom is 0.264 e. The highest BCUT2D eigenvalue weighted by Gasteiger charge is 2.33. The number of fused-ring (bicyclic) bond motifs is 1. The van der Waals surface area contributed by atoms with Crippen molar-refractivity contribution in [1.29, 1.82) is 0 Å². The van der Waals surface area contributed by atoms with Crippen LogP contribution >= 0.6 is 0 Å². The predicted molar refractivity (Wildman–Crippen MR) is 104 cm³/mol. The van der Waals surface area contributed by atoms with E-state index in [0.717, 1.165) is 25.1 Å². The molecule has 0 bridgehead atoms. The molecule has 138 valence electrons. The van der Waals surface area contributed by atoms with Crippen LogP contribution in [0.5, 0.6) is 5.88 Å². The Balaban J connectivity index is 2.02. The van der Waals surface area contributed by atoms with Crippen LogP contribution in [0.2, 0.25) is 0 Å². The van der Waals surface area contributed by atoms with Crippen LogP contribution in [0.4, 0.5) is 5.69 Å². The fourth-order valence-corrected chi connectivity index (χ4v) is 3.48. The quantitative estimate of drug-likeness (QED) is 0.827. The summed E-state index contributed by atoms with van der Waals surface area (Å²) in [6.07, 6.45) is 3.56. The highest BCUT2D eigenvalue weighted by atomic mass is 16.5. The monoisotopic (exact) mass is 353 g/mol. The van der Waals surface area contributed by atoms with Gasteiger partial charge in [-0.05, 0) is 64.5 Å². The Morgan fingerprint density at radius 3 is 2.77 bits per heavy atom. The standard InChI is InChI=1S/C21H27N3O2/c1-15(2)26-20-18(9-7-13-22-20)21(25)24-17(14-23(3)4)12-11-16-8-5-6-10-19(16)24/h5-10,13,15,17H,11-12,14H2,1-4H3/t17-/m0/s1. The molecule has 1 aromatic carbocycles. The van der Waals surface area contributed by atoms with Crippen LogP contribution in [-0.2, 0) is 6.42 Å². The maximum absolute atomic E-state index is 13.5. The molecule has 1 aromatic heterocycles. The molecule has 0 N–H and O–H groups in total. The third-order valence-corrected chi connectivity index (χ3v) is 4.51. The minimum Gasteiger partial charge on any atom is -0.474 e. The topological polar surface area (TPSA) is 45.7 Å². The Labute approximate surface area is 155 Å². The number of carbonyl (C=O) groups is 1. The van der Waals surface area contributed by atoms with Crippen molar-refractivity contribution >= 4 is 11.6 Å². The maximum atomic E-state index is 13.5. The van der Waals surface area contributed by atoms with Gasteiger partial charge in [-0.25, -0.2) is 4.98 Å². The zero-order valence-corrected chi connectivity index (χ0v) is 16.0. The lowest BCUT2D eigenvalue weighted by atomic mass is 9.94. The van der Waals surface area contributed by atoms with E-state index in [-0.39, 0.29) is 18.1 Å². The molecule has 0 radical (unpaired) electrons. The summed E-state index contributed by atoms with van der Waals surface area (Å²) in [5.41, 5.74) is 2.72. The number of aryl methyl sites for hydroxylation is 1. The van der Waals surface area contributed by atoms with Gasteiger partial charge in [0.2, 0.25) is 5.88 Å². The highest BCUT2D eigenvalue weighted by molar-refractivity contribution is 6.08. The van der Waals surface area contributed by atoms with Gasteiger partial charge < -0.3 is 14.5 Å². The van der Waals surface area contributed by atoms with E-state index in [1.807, 2.05) is 51.0 Å². The first-order valence-electron chi connectivity index (χ1n) is 9.15. The molecule has 1 aliphatic heterocycles. The average molecular weight is 353 g/mol. The normalized spacial score (nSPS) is 16.7. The number of nitrogens with zero attached hydrogens (tertiary/aromatic N) is 3. The molecule has 3 rings (SSSR count). The van der Waals surface area contributed by atoms with Crippen molar-refractivity contribution < 1.29 is 9.53 Å². The second kappa shape index (κ2) is 7.87. The van der Waals surface area contributed by atoms with Crippen molar-refractivity contribution in [3.8, 4) is 5.88 Å². The average Bonchev–Trinajstić information content (AvgIpc) is 2.60. The summed E-state index contributed by atoms with van der Waals surface area (Å²) in [5, 5.41) is 0. The number of carbonyl (C=O) groups excluding carboxylic acids is 1. The molecule has 0 spiro atoms. The first-order chi connectivity index (χ1) is 12.5. The van der Waals surface area contributed by atoms with E-state index < -0.39 is 0 Å². The number of ether oxygens (including phenoxy) is 1. The molecule has 2 heterocycles. The zero-order chi connectivity index (χ0) is 18.7. The van der Waals surface area contributed by atoms with Crippen molar-refractivity contribution in [2.45, 2.75) is 38.8 Å². The molecule has 0 aliphatic carbocycles. The summed E-state index contributed by atoms with van der Waals surface area (Å²) < 4.78 is 5.79. The molecule has 5 nitrogen and oxygen atoms in total. The summed E-state index contributed by atoms with van der Waals surface area (Å²) in [4.78, 5) is 21.9. The molecule has 1 atom stereocenters. The lowest BCUT2D eigenvalue weighted by Gasteiger charge is -2.38. The molecule has 0 unspecified atom stereocenters. The first kappa shape index (κ1) is 18.4. The van der Waals surface area contributed by atoms with E-state index in [1.165, 1.54) is 5.56 Å². The smallest absolute Gasteiger partial charge is 0.264 e. The SMILES string of the molecule is CC(C)Oc1ncccc1C(=O)N1c2ccccc2CC[C@H]1CN(C)C.